The number of carbonyl (C=O) groups excluding carboxylic acids is 1. The highest BCUT2D eigenvalue weighted by Gasteiger charge is 2.26. The molecule has 188 valence electrons. The van der Waals surface area contributed by atoms with Crippen molar-refractivity contribution in [1.82, 2.24) is 9.97 Å². The summed E-state index contributed by atoms with van der Waals surface area (Å²) in [6.45, 7) is 2.03. The number of anilines is 2. The number of hydrogen-bond acceptors (Lipinski definition) is 5. The molecule has 1 aliphatic rings. The molecule has 6 N–H and O–H groups in total. The van der Waals surface area contributed by atoms with Crippen LogP contribution in [0.15, 0.2) is 77.8 Å². The molecule has 1 heterocycles. The first-order chi connectivity index (χ1) is 18.0. The minimum atomic E-state index is -0.270. The first kappa shape index (κ1) is 24.2. The third-order valence-corrected chi connectivity index (χ3v) is 6.70. The lowest BCUT2D eigenvalue weighted by Crippen LogP contribution is -2.38. The van der Waals surface area contributed by atoms with Crippen molar-refractivity contribution in [2.24, 2.45) is 16.5 Å². The summed E-state index contributed by atoms with van der Waals surface area (Å²) in [4.78, 5) is 26.8. The number of nitrogens with two attached hydrogens (primary N) is 2. The second-order valence-corrected chi connectivity index (χ2v) is 9.47. The van der Waals surface area contributed by atoms with Crippen molar-refractivity contribution in [3.8, 4) is 11.1 Å². The maximum absolute atomic E-state index is 13.1. The van der Waals surface area contributed by atoms with Crippen LogP contribution in [0.2, 0.25) is 0 Å². The smallest absolute Gasteiger partial charge is 0.258 e. The molecule has 8 heteroatoms. The van der Waals surface area contributed by atoms with Crippen molar-refractivity contribution in [3.63, 3.8) is 0 Å². The Morgan fingerprint density at radius 2 is 1.65 bits per heavy atom. The lowest BCUT2D eigenvalue weighted by atomic mass is 9.90. The van der Waals surface area contributed by atoms with Crippen molar-refractivity contribution in [2.75, 3.05) is 10.6 Å². The Labute approximate surface area is 216 Å². The molecule has 2 atom stereocenters. The molecule has 0 saturated heterocycles. The number of benzene rings is 3. The first-order valence-corrected chi connectivity index (χ1v) is 12.6. The number of aromatic nitrogens is 2. The van der Waals surface area contributed by atoms with Gasteiger partial charge in [-0.15, -0.1) is 0 Å². The third-order valence-electron chi connectivity index (χ3n) is 6.70. The van der Waals surface area contributed by atoms with Gasteiger partial charge < -0.3 is 16.8 Å². The van der Waals surface area contributed by atoms with Crippen LogP contribution in [-0.2, 0) is 0 Å². The fourth-order valence-electron chi connectivity index (χ4n) is 4.83. The molecule has 5 rings (SSSR count). The number of fused-ring (bicyclic) bond motifs is 1. The van der Waals surface area contributed by atoms with Crippen molar-refractivity contribution in [2.45, 2.75) is 44.7 Å². The predicted molar refractivity (Wildman–Crippen MR) is 150 cm³/mol. The van der Waals surface area contributed by atoms with Gasteiger partial charge in [-0.3, -0.25) is 10.1 Å². The van der Waals surface area contributed by atoms with E-state index in [9.17, 15) is 4.79 Å². The van der Waals surface area contributed by atoms with E-state index in [1.165, 1.54) is 0 Å². The molecule has 1 saturated carbocycles. The van der Waals surface area contributed by atoms with Crippen molar-refractivity contribution in [1.29, 1.82) is 0 Å². The normalized spacial score (nSPS) is 17.2. The van der Waals surface area contributed by atoms with Crippen LogP contribution in [-0.4, -0.2) is 33.9 Å². The molecule has 0 bridgehead atoms. The molecule has 37 heavy (non-hydrogen) atoms. The zero-order chi connectivity index (χ0) is 25.8. The number of aliphatic imine (C=N–C) groups is 1. The molecule has 1 aromatic heterocycles. The zero-order valence-corrected chi connectivity index (χ0v) is 20.8. The molecule has 3 aromatic carbocycles. The number of hydrogen-bond donors (Lipinski definition) is 4. The van der Waals surface area contributed by atoms with Gasteiger partial charge >= 0.3 is 0 Å². The minimum Gasteiger partial charge on any atom is -0.370 e. The van der Waals surface area contributed by atoms with Crippen molar-refractivity contribution < 1.29 is 4.79 Å². The number of amides is 1. The van der Waals surface area contributed by atoms with Crippen LogP contribution < -0.4 is 22.1 Å². The standard InChI is InChI=1S/C29H31N7O/c1-18-11-16-23-22(17-18)26(32-24-9-5-6-10-25(24)33-28(30)31)35-29(34-23)36-27(37)21-14-12-20(13-15-21)19-7-3-2-4-8-19/h2-4,7-8,11-17,24-25H,5-6,9-10H2,1H3,(H4,30,31,33)(H2,32,34,35,36,37). The fraction of sp³-hybridized carbons (Fsp3) is 0.241. The van der Waals surface area contributed by atoms with E-state index in [0.717, 1.165) is 53.3 Å². The highest BCUT2D eigenvalue weighted by atomic mass is 16.1. The van der Waals surface area contributed by atoms with Gasteiger partial charge in [-0.25, -0.2) is 9.98 Å². The lowest BCUT2D eigenvalue weighted by molar-refractivity contribution is 0.102. The van der Waals surface area contributed by atoms with Gasteiger partial charge in [0.05, 0.1) is 17.6 Å². The average Bonchev–Trinajstić information content (AvgIpc) is 2.90. The number of aryl methyl sites for hydroxylation is 1. The highest BCUT2D eigenvalue weighted by molar-refractivity contribution is 6.04. The van der Waals surface area contributed by atoms with Gasteiger partial charge in [0.15, 0.2) is 5.96 Å². The van der Waals surface area contributed by atoms with Crippen molar-refractivity contribution in [3.05, 3.63) is 83.9 Å². The summed E-state index contributed by atoms with van der Waals surface area (Å²) in [6, 6.07) is 23.5. The Morgan fingerprint density at radius 3 is 2.41 bits per heavy atom. The average molecular weight is 494 g/mol. The Balaban J connectivity index is 1.41. The SMILES string of the molecule is Cc1ccc2nc(NC(=O)c3ccc(-c4ccccc4)cc3)nc(NC3CCCCC3N=C(N)N)c2c1. The third kappa shape index (κ3) is 5.69. The summed E-state index contributed by atoms with van der Waals surface area (Å²) in [5, 5.41) is 7.33. The summed E-state index contributed by atoms with van der Waals surface area (Å²) < 4.78 is 0. The van der Waals surface area contributed by atoms with Gasteiger partial charge in [-0.1, -0.05) is 66.9 Å². The van der Waals surface area contributed by atoms with E-state index in [1.54, 1.807) is 0 Å². The molecule has 1 fully saturated rings. The van der Waals surface area contributed by atoms with Crippen LogP contribution >= 0.6 is 0 Å². The van der Waals surface area contributed by atoms with E-state index in [-0.39, 0.29) is 29.9 Å². The minimum absolute atomic E-state index is 0.0311. The number of nitrogens with zero attached hydrogens (tertiary/aromatic N) is 3. The van der Waals surface area contributed by atoms with Gasteiger partial charge in [-0.05, 0) is 55.2 Å². The zero-order valence-electron chi connectivity index (χ0n) is 20.8. The van der Waals surface area contributed by atoms with E-state index < -0.39 is 0 Å². The molecule has 8 nitrogen and oxygen atoms in total. The second-order valence-electron chi connectivity index (χ2n) is 9.47. The summed E-state index contributed by atoms with van der Waals surface area (Å²) in [5.41, 5.74) is 15.9. The van der Waals surface area contributed by atoms with E-state index >= 15 is 0 Å². The monoisotopic (exact) mass is 493 g/mol. The quantitative estimate of drug-likeness (QED) is 0.224. The van der Waals surface area contributed by atoms with Crippen molar-refractivity contribution >= 4 is 34.5 Å². The van der Waals surface area contributed by atoms with Crippen LogP contribution in [0.25, 0.3) is 22.0 Å². The Bertz CT molecular complexity index is 1430. The molecule has 2 unspecified atom stereocenters. The molecular formula is C29H31N7O. The molecule has 1 aliphatic carbocycles. The van der Waals surface area contributed by atoms with Crippen LogP contribution in [0.5, 0.6) is 0 Å². The summed E-state index contributed by atoms with van der Waals surface area (Å²) in [7, 11) is 0. The van der Waals surface area contributed by atoms with Gasteiger partial charge in [0.2, 0.25) is 5.95 Å². The Kier molecular flexibility index (Phi) is 6.98. The summed E-state index contributed by atoms with van der Waals surface area (Å²) in [6.07, 6.45) is 3.99. The molecular weight excluding hydrogens is 462 g/mol. The largest absolute Gasteiger partial charge is 0.370 e. The first-order valence-electron chi connectivity index (χ1n) is 12.6. The molecule has 0 aliphatic heterocycles. The van der Waals surface area contributed by atoms with Gasteiger partial charge in [-0.2, -0.15) is 4.98 Å². The number of carbonyl (C=O) groups is 1. The lowest BCUT2D eigenvalue weighted by Gasteiger charge is -2.30. The Morgan fingerprint density at radius 1 is 0.919 bits per heavy atom. The predicted octanol–water partition coefficient (Wildman–Crippen LogP) is 4.85. The van der Waals surface area contributed by atoms with Crippen LogP contribution in [0.4, 0.5) is 11.8 Å². The number of guanidine groups is 1. The highest BCUT2D eigenvalue weighted by Crippen LogP contribution is 2.29. The number of nitrogens with one attached hydrogen (secondary N) is 2. The van der Waals surface area contributed by atoms with Gasteiger partial charge in [0, 0.05) is 10.9 Å². The fourth-order valence-corrected chi connectivity index (χ4v) is 4.83. The van der Waals surface area contributed by atoms with E-state index in [2.05, 4.69) is 20.6 Å². The second kappa shape index (κ2) is 10.7. The van der Waals surface area contributed by atoms with Crippen LogP contribution in [0.1, 0.15) is 41.6 Å². The van der Waals surface area contributed by atoms with E-state index in [4.69, 9.17) is 16.5 Å². The molecule has 1 amide bonds. The molecule has 4 aromatic rings. The van der Waals surface area contributed by atoms with E-state index in [1.807, 2.05) is 79.7 Å². The molecule has 0 radical (unpaired) electrons. The maximum atomic E-state index is 13.1. The molecule has 0 spiro atoms. The summed E-state index contributed by atoms with van der Waals surface area (Å²) >= 11 is 0. The van der Waals surface area contributed by atoms with Crippen LogP contribution in [0.3, 0.4) is 0 Å². The van der Waals surface area contributed by atoms with Gasteiger partial charge in [0.1, 0.15) is 5.82 Å². The number of rotatable bonds is 6. The van der Waals surface area contributed by atoms with Crippen LogP contribution in [0, 0.1) is 6.92 Å². The van der Waals surface area contributed by atoms with Gasteiger partial charge in [0.25, 0.3) is 5.91 Å². The van der Waals surface area contributed by atoms with E-state index in [0.29, 0.717) is 11.4 Å². The topological polar surface area (TPSA) is 131 Å². The Hall–Kier alpha value is -4.46. The maximum Gasteiger partial charge on any atom is 0.258 e. The summed E-state index contributed by atoms with van der Waals surface area (Å²) in [5.74, 6) is 0.720.